The minimum absolute atomic E-state index is 0.0793. The minimum atomic E-state index is -2.36. The molecule has 1 fully saturated rings. The molecule has 2 N–H and O–H groups in total. The molecule has 0 bridgehead atoms. The van der Waals surface area contributed by atoms with Crippen LogP contribution in [0, 0.1) is 20.2 Å². The molecule has 0 aliphatic carbocycles. The van der Waals surface area contributed by atoms with Crippen molar-refractivity contribution in [1.29, 1.82) is 0 Å². The zero-order valence-electron chi connectivity index (χ0n) is 12.0. The van der Waals surface area contributed by atoms with Crippen molar-refractivity contribution in [2.24, 2.45) is 0 Å². The van der Waals surface area contributed by atoms with Crippen LogP contribution in [-0.2, 0) is 14.4 Å². The molecular weight excluding hydrogens is 336 g/mol. The van der Waals surface area contributed by atoms with Gasteiger partial charge in [0.25, 0.3) is 0 Å². The zero-order valence-corrected chi connectivity index (χ0v) is 12.8. The first-order valence-corrected chi connectivity index (χ1v) is 7.40. The SMILES string of the molecule is CC(=O)NC(CSCC(=O)N1CC([N+](=O)[O-])([N+](=O)[O-])C1)C(=O)O. The Morgan fingerprint density at radius 3 is 2.22 bits per heavy atom. The third-order valence-electron chi connectivity index (χ3n) is 3.11. The lowest BCUT2D eigenvalue weighted by Gasteiger charge is -2.35. The molecule has 1 saturated heterocycles. The van der Waals surface area contributed by atoms with E-state index in [1.54, 1.807) is 0 Å². The van der Waals surface area contributed by atoms with Gasteiger partial charge in [-0.25, -0.2) is 4.79 Å². The number of carbonyl (C=O) groups excluding carboxylic acids is 2. The number of hydrogen-bond acceptors (Lipinski definition) is 8. The molecule has 0 spiro atoms. The molecule has 0 aromatic rings. The Bertz CT molecular complexity index is 531. The van der Waals surface area contributed by atoms with Crippen LogP contribution in [0.4, 0.5) is 0 Å². The monoisotopic (exact) mass is 350 g/mol. The molecular formula is C10H14N4O8S. The first-order chi connectivity index (χ1) is 10.6. The third kappa shape index (κ3) is 4.28. The number of thioether (sulfide) groups is 1. The Morgan fingerprint density at radius 2 is 1.83 bits per heavy atom. The molecule has 0 saturated carbocycles. The van der Waals surface area contributed by atoms with Crippen LogP contribution < -0.4 is 5.32 Å². The number of carboxylic acids is 1. The lowest BCUT2D eigenvalue weighted by molar-refractivity contribution is -0.809. The van der Waals surface area contributed by atoms with E-state index in [-0.39, 0.29) is 11.5 Å². The molecule has 2 amide bonds. The van der Waals surface area contributed by atoms with E-state index in [0.717, 1.165) is 23.6 Å². The molecule has 1 rings (SSSR count). The number of hydrogen-bond donors (Lipinski definition) is 2. The summed E-state index contributed by atoms with van der Waals surface area (Å²) in [7, 11) is 0. The van der Waals surface area contributed by atoms with Gasteiger partial charge < -0.3 is 15.3 Å². The molecule has 12 nitrogen and oxygen atoms in total. The number of likely N-dealkylation sites (tertiary alicyclic amines) is 1. The number of amides is 2. The zero-order chi connectivity index (χ0) is 17.8. The van der Waals surface area contributed by atoms with E-state index in [4.69, 9.17) is 5.11 Å². The molecule has 23 heavy (non-hydrogen) atoms. The van der Waals surface area contributed by atoms with E-state index in [2.05, 4.69) is 5.32 Å². The molecule has 0 aromatic heterocycles. The van der Waals surface area contributed by atoms with Crippen molar-refractivity contribution in [3.05, 3.63) is 20.2 Å². The molecule has 1 heterocycles. The molecule has 128 valence electrons. The van der Waals surface area contributed by atoms with Crippen molar-refractivity contribution in [3.8, 4) is 0 Å². The number of carbonyl (C=O) groups is 3. The lowest BCUT2D eigenvalue weighted by Crippen LogP contribution is -2.71. The topological polar surface area (TPSA) is 173 Å². The first-order valence-electron chi connectivity index (χ1n) is 6.24. The molecule has 0 aromatic carbocycles. The standard InChI is InChI=1S/C10H14N4O8S/c1-6(15)11-7(9(17)18)2-23-3-8(16)12-4-10(5-12,13(19)20)14(21)22/h7H,2-5H2,1H3,(H,11,15)(H,17,18). The summed E-state index contributed by atoms with van der Waals surface area (Å²) in [4.78, 5) is 53.8. The maximum absolute atomic E-state index is 11.8. The maximum Gasteiger partial charge on any atom is 0.492 e. The molecule has 0 radical (unpaired) electrons. The molecule has 1 unspecified atom stereocenters. The van der Waals surface area contributed by atoms with Crippen LogP contribution in [0.25, 0.3) is 0 Å². The summed E-state index contributed by atoms with van der Waals surface area (Å²) in [5, 5.41) is 32.5. The van der Waals surface area contributed by atoms with Gasteiger partial charge in [-0.1, -0.05) is 0 Å². The predicted molar refractivity (Wildman–Crippen MR) is 75.9 cm³/mol. The smallest absolute Gasteiger partial charge is 0.480 e. The van der Waals surface area contributed by atoms with E-state index in [9.17, 15) is 34.6 Å². The van der Waals surface area contributed by atoms with Crippen LogP contribution in [0.3, 0.4) is 0 Å². The normalized spacial score (nSPS) is 16.8. The second kappa shape index (κ2) is 7.21. The highest BCUT2D eigenvalue weighted by atomic mass is 32.2. The number of rotatable bonds is 8. The Morgan fingerprint density at radius 1 is 1.30 bits per heavy atom. The fraction of sp³-hybridized carbons (Fsp3) is 0.700. The van der Waals surface area contributed by atoms with Crippen molar-refractivity contribution >= 4 is 29.5 Å². The largest absolute Gasteiger partial charge is 0.492 e. The number of nitrogens with one attached hydrogen (secondary N) is 1. The van der Waals surface area contributed by atoms with Gasteiger partial charge in [0.15, 0.2) is 13.1 Å². The van der Waals surface area contributed by atoms with Gasteiger partial charge in [-0.2, -0.15) is 0 Å². The number of nitrogens with zero attached hydrogens (tertiary/aromatic N) is 3. The Hall–Kier alpha value is -2.44. The number of carboxylic acid groups (broad SMARTS) is 1. The van der Waals surface area contributed by atoms with Crippen molar-refractivity contribution < 1.29 is 29.3 Å². The quantitative estimate of drug-likeness (QED) is 0.297. The van der Waals surface area contributed by atoms with Gasteiger partial charge in [-0.05, 0) is 0 Å². The van der Waals surface area contributed by atoms with E-state index < -0.39 is 52.4 Å². The highest BCUT2D eigenvalue weighted by Crippen LogP contribution is 2.25. The van der Waals surface area contributed by atoms with Gasteiger partial charge in [0.05, 0.1) is 5.75 Å². The summed E-state index contributed by atoms with van der Waals surface area (Å²) in [5.41, 5.74) is -2.36. The summed E-state index contributed by atoms with van der Waals surface area (Å²) in [6, 6.07) is -1.17. The van der Waals surface area contributed by atoms with E-state index in [1.165, 1.54) is 0 Å². The molecule has 1 atom stereocenters. The molecule has 1 aliphatic rings. The van der Waals surface area contributed by atoms with Crippen LogP contribution in [0.1, 0.15) is 6.92 Å². The van der Waals surface area contributed by atoms with Crippen molar-refractivity contribution in [2.45, 2.75) is 18.6 Å². The van der Waals surface area contributed by atoms with Crippen LogP contribution in [0.5, 0.6) is 0 Å². The van der Waals surface area contributed by atoms with Crippen molar-refractivity contribution in [2.75, 3.05) is 24.6 Å². The lowest BCUT2D eigenvalue weighted by atomic mass is 10.0. The average Bonchev–Trinajstić information content (AvgIpc) is 2.34. The predicted octanol–water partition coefficient (Wildman–Crippen LogP) is -1.60. The number of aliphatic carboxylic acids is 1. The number of nitro groups is 2. The van der Waals surface area contributed by atoms with Gasteiger partial charge in [0.2, 0.25) is 11.8 Å². The second-order valence-corrected chi connectivity index (χ2v) is 5.88. The van der Waals surface area contributed by atoms with Gasteiger partial charge >= 0.3 is 11.6 Å². The van der Waals surface area contributed by atoms with Gasteiger partial charge in [-0.3, -0.25) is 29.8 Å². The highest BCUT2D eigenvalue weighted by molar-refractivity contribution is 8.00. The Labute approximate surface area is 133 Å². The summed E-state index contributed by atoms with van der Waals surface area (Å²) in [5.74, 6) is -2.64. The summed E-state index contributed by atoms with van der Waals surface area (Å²) in [6.45, 7) is -0.0957. The molecule has 13 heteroatoms. The summed E-state index contributed by atoms with van der Waals surface area (Å²) in [6.07, 6.45) is 0. The fourth-order valence-corrected chi connectivity index (χ4v) is 2.75. The highest BCUT2D eigenvalue weighted by Gasteiger charge is 2.67. The van der Waals surface area contributed by atoms with E-state index >= 15 is 0 Å². The van der Waals surface area contributed by atoms with Crippen molar-refractivity contribution in [3.63, 3.8) is 0 Å². The minimum Gasteiger partial charge on any atom is -0.480 e. The maximum atomic E-state index is 11.8. The molecule has 1 aliphatic heterocycles. The first kappa shape index (κ1) is 18.6. The van der Waals surface area contributed by atoms with Gasteiger partial charge in [0.1, 0.15) is 15.9 Å². The van der Waals surface area contributed by atoms with E-state index in [0.29, 0.717) is 0 Å². The summed E-state index contributed by atoms with van der Waals surface area (Å²) < 4.78 is 0. The Kier molecular flexibility index (Phi) is 5.84. The van der Waals surface area contributed by atoms with Crippen LogP contribution in [0.2, 0.25) is 0 Å². The van der Waals surface area contributed by atoms with Crippen LogP contribution >= 0.6 is 11.8 Å². The van der Waals surface area contributed by atoms with E-state index in [1.807, 2.05) is 0 Å². The second-order valence-electron chi connectivity index (χ2n) is 4.85. The fourth-order valence-electron chi connectivity index (χ4n) is 1.81. The average molecular weight is 350 g/mol. The van der Waals surface area contributed by atoms with Gasteiger partial charge in [-0.15, -0.1) is 11.8 Å². The van der Waals surface area contributed by atoms with Gasteiger partial charge in [0, 0.05) is 12.7 Å². The van der Waals surface area contributed by atoms with Crippen molar-refractivity contribution in [1.82, 2.24) is 10.2 Å². The van der Waals surface area contributed by atoms with Crippen LogP contribution in [-0.4, -0.2) is 73.9 Å². The summed E-state index contributed by atoms with van der Waals surface area (Å²) >= 11 is 0.908. The third-order valence-corrected chi connectivity index (χ3v) is 4.13. The Balaban J connectivity index is 2.44. The van der Waals surface area contributed by atoms with Crippen LogP contribution in [0.15, 0.2) is 0 Å².